The molecule has 0 fully saturated rings. The Kier molecular flexibility index (Phi) is 6.18. The maximum atomic E-state index is 13.9. The fourth-order valence-corrected chi connectivity index (χ4v) is 3.28. The Labute approximate surface area is 162 Å². The number of esters is 1. The summed E-state index contributed by atoms with van der Waals surface area (Å²) >= 11 is 5.75. The summed E-state index contributed by atoms with van der Waals surface area (Å²) in [6, 6.07) is 1.42. The number of aryl methyl sites for hydroxylation is 1. The molecular weight excluding hydrogens is 437 g/mol. The van der Waals surface area contributed by atoms with Gasteiger partial charge in [0.05, 0.1) is 12.7 Å². The number of methoxy groups -OCH3 is 1. The number of carbonyl (C=O) groups is 1. The Morgan fingerprint density at radius 1 is 1.07 bits per heavy atom. The van der Waals surface area contributed by atoms with Crippen LogP contribution in [0.25, 0.3) is 0 Å². The number of hydrogen-bond donors (Lipinski definition) is 2. The van der Waals surface area contributed by atoms with E-state index < -0.39 is 51.8 Å². The van der Waals surface area contributed by atoms with E-state index in [0.717, 1.165) is 18.4 Å². The molecule has 0 atom stereocenters. The average molecular weight is 446 g/mol. The van der Waals surface area contributed by atoms with Crippen molar-refractivity contribution in [2.24, 2.45) is 0 Å². The lowest BCUT2D eigenvalue weighted by Crippen LogP contribution is -2.24. The van der Waals surface area contributed by atoms with E-state index in [0.29, 0.717) is 4.88 Å². The van der Waals surface area contributed by atoms with Crippen molar-refractivity contribution in [2.45, 2.75) is 13.1 Å². The molecule has 2 N–H and O–H groups in total. The van der Waals surface area contributed by atoms with E-state index in [1.54, 1.807) is 12.2 Å². The van der Waals surface area contributed by atoms with Crippen LogP contribution in [0.4, 0.5) is 41.4 Å². The second kappa shape index (κ2) is 7.91. The van der Waals surface area contributed by atoms with Crippen LogP contribution in [-0.4, -0.2) is 18.2 Å². The van der Waals surface area contributed by atoms with Crippen LogP contribution in [0, 0.1) is 30.2 Å². The number of hydrogen-bond acceptors (Lipinski definition) is 4. The number of ether oxygens (including phenoxy) is 1. The molecule has 0 aliphatic carbocycles. The number of halogens is 7. The van der Waals surface area contributed by atoms with Gasteiger partial charge >= 0.3 is 12.1 Å². The Bertz CT molecular complexity index is 928. The van der Waals surface area contributed by atoms with Gasteiger partial charge in [-0.3, -0.25) is 0 Å². The van der Waals surface area contributed by atoms with Gasteiger partial charge in [-0.1, -0.05) is 0 Å². The Morgan fingerprint density at radius 2 is 1.61 bits per heavy atom. The van der Waals surface area contributed by atoms with Crippen molar-refractivity contribution in [3.05, 3.63) is 45.3 Å². The third kappa shape index (κ3) is 4.19. The first-order chi connectivity index (χ1) is 12.9. The molecule has 4 nitrogen and oxygen atoms in total. The largest absolute Gasteiger partial charge is 0.465 e. The molecule has 0 unspecified atom stereocenters. The van der Waals surface area contributed by atoms with Crippen LogP contribution in [0.2, 0.25) is 0 Å². The summed E-state index contributed by atoms with van der Waals surface area (Å²) in [5, 5.41) is 3.57. The lowest BCUT2D eigenvalue weighted by molar-refractivity contribution is -0.143. The van der Waals surface area contributed by atoms with Gasteiger partial charge in [0, 0.05) is 4.88 Å². The normalized spacial score (nSPS) is 11.3. The van der Waals surface area contributed by atoms with Gasteiger partial charge in [0.2, 0.25) is 0 Å². The highest BCUT2D eigenvalue weighted by Gasteiger charge is 2.42. The zero-order valence-electron chi connectivity index (χ0n) is 13.9. The van der Waals surface area contributed by atoms with Crippen LogP contribution in [-0.2, 0) is 10.9 Å². The molecule has 2 aromatic rings. The number of anilines is 2. The van der Waals surface area contributed by atoms with Crippen molar-refractivity contribution in [2.75, 3.05) is 17.7 Å². The maximum absolute atomic E-state index is 13.9. The Hall–Kier alpha value is -2.41. The molecule has 28 heavy (non-hydrogen) atoms. The molecule has 0 aliphatic rings. The first kappa shape index (κ1) is 21.9. The van der Waals surface area contributed by atoms with Gasteiger partial charge < -0.3 is 15.4 Å². The van der Waals surface area contributed by atoms with E-state index >= 15 is 0 Å². The zero-order valence-corrected chi connectivity index (χ0v) is 15.5. The molecule has 1 aromatic heterocycles. The quantitative estimate of drug-likeness (QED) is 0.293. The summed E-state index contributed by atoms with van der Waals surface area (Å²) < 4.78 is 97.4. The van der Waals surface area contributed by atoms with E-state index in [1.807, 2.05) is 0 Å². The number of thiocarbonyl (C=S) groups is 1. The summed E-state index contributed by atoms with van der Waals surface area (Å²) in [5.74, 6) is -10.6. The van der Waals surface area contributed by atoms with Crippen LogP contribution in [0.15, 0.2) is 6.07 Å². The first-order valence-electron chi connectivity index (χ1n) is 7.08. The second-order valence-corrected chi connectivity index (χ2v) is 6.84. The van der Waals surface area contributed by atoms with Crippen molar-refractivity contribution in [3.63, 3.8) is 0 Å². The fourth-order valence-electron chi connectivity index (χ4n) is 2.11. The molecule has 152 valence electrons. The Morgan fingerprint density at radius 3 is 2.07 bits per heavy atom. The molecule has 2 rings (SSSR count). The zero-order chi connectivity index (χ0) is 21.4. The minimum Gasteiger partial charge on any atom is -0.465 e. The highest BCUT2D eigenvalue weighted by Crippen LogP contribution is 2.38. The van der Waals surface area contributed by atoms with E-state index in [1.165, 1.54) is 6.07 Å². The van der Waals surface area contributed by atoms with E-state index in [4.69, 9.17) is 12.2 Å². The molecule has 0 amide bonds. The molecule has 1 aromatic carbocycles. The number of rotatable bonds is 3. The van der Waals surface area contributed by atoms with Gasteiger partial charge in [-0.05, 0) is 25.2 Å². The Balaban J connectivity index is 2.37. The van der Waals surface area contributed by atoms with Gasteiger partial charge in [0.25, 0.3) is 0 Å². The van der Waals surface area contributed by atoms with E-state index in [2.05, 4.69) is 10.1 Å². The van der Waals surface area contributed by atoms with E-state index in [9.17, 15) is 35.5 Å². The van der Waals surface area contributed by atoms with Crippen molar-refractivity contribution >= 4 is 45.3 Å². The van der Waals surface area contributed by atoms with Crippen LogP contribution in [0.5, 0.6) is 0 Å². The summed E-state index contributed by atoms with van der Waals surface area (Å²) in [7, 11) is 1.11. The van der Waals surface area contributed by atoms with Crippen LogP contribution < -0.4 is 10.6 Å². The summed E-state index contributed by atoms with van der Waals surface area (Å²) in [4.78, 5) is 12.3. The lowest BCUT2D eigenvalue weighted by Gasteiger charge is -2.16. The molecule has 0 aliphatic heterocycles. The molecule has 0 bridgehead atoms. The van der Waals surface area contributed by atoms with Gasteiger partial charge in [0.1, 0.15) is 16.3 Å². The number of alkyl halides is 3. The SMILES string of the molecule is COC(=O)c1cc(C)sc1NC(=S)Nc1c(F)c(F)c(C(F)(F)F)c(F)c1F. The predicted octanol–water partition coefficient (Wildman–Crippen LogP) is 5.23. The van der Waals surface area contributed by atoms with Gasteiger partial charge in [-0.2, -0.15) is 13.2 Å². The monoisotopic (exact) mass is 446 g/mol. The first-order valence-corrected chi connectivity index (χ1v) is 8.30. The number of nitrogens with one attached hydrogen (secondary N) is 2. The number of thiophene rings is 1. The van der Waals surface area contributed by atoms with Crippen LogP contribution in [0.1, 0.15) is 20.8 Å². The smallest absolute Gasteiger partial charge is 0.422 e. The highest BCUT2D eigenvalue weighted by atomic mass is 32.1. The topological polar surface area (TPSA) is 50.4 Å². The second-order valence-electron chi connectivity index (χ2n) is 5.17. The lowest BCUT2D eigenvalue weighted by atomic mass is 10.1. The van der Waals surface area contributed by atoms with Crippen LogP contribution >= 0.6 is 23.6 Å². The number of benzene rings is 1. The number of carbonyl (C=O) groups excluding carboxylic acids is 1. The van der Waals surface area contributed by atoms with Gasteiger partial charge in [0.15, 0.2) is 28.4 Å². The summed E-state index contributed by atoms with van der Waals surface area (Å²) in [6.07, 6.45) is -5.66. The summed E-state index contributed by atoms with van der Waals surface area (Å²) in [5.41, 5.74) is -4.25. The third-order valence-electron chi connectivity index (χ3n) is 3.27. The van der Waals surface area contributed by atoms with Crippen LogP contribution in [0.3, 0.4) is 0 Å². The molecule has 0 spiro atoms. The molecule has 0 radical (unpaired) electrons. The maximum Gasteiger partial charge on any atom is 0.422 e. The third-order valence-corrected chi connectivity index (χ3v) is 4.44. The molecule has 1 heterocycles. The predicted molar refractivity (Wildman–Crippen MR) is 91.5 cm³/mol. The summed E-state index contributed by atoms with van der Waals surface area (Å²) in [6.45, 7) is 1.62. The molecule has 0 saturated carbocycles. The minimum absolute atomic E-state index is 0.0138. The van der Waals surface area contributed by atoms with Crippen molar-refractivity contribution < 1.29 is 40.3 Å². The molecule has 13 heteroatoms. The van der Waals surface area contributed by atoms with Gasteiger partial charge in [-0.25, -0.2) is 22.4 Å². The highest BCUT2D eigenvalue weighted by molar-refractivity contribution is 7.80. The standard InChI is InChI=1S/C15H9F7N2O2S2/c1-4-3-5(13(25)26-2)12(28-4)24-14(27)23-11-9(18)7(16)6(15(20,21)22)8(17)10(11)19/h3H,1-2H3,(H2,23,24,27). The molecular formula is C15H9F7N2O2S2. The van der Waals surface area contributed by atoms with Crippen molar-refractivity contribution in [3.8, 4) is 0 Å². The van der Waals surface area contributed by atoms with Crippen molar-refractivity contribution in [1.29, 1.82) is 0 Å². The fraction of sp³-hybridized carbons (Fsp3) is 0.200. The average Bonchev–Trinajstić information content (AvgIpc) is 2.95. The van der Waals surface area contributed by atoms with Crippen molar-refractivity contribution in [1.82, 2.24) is 0 Å². The molecule has 0 saturated heterocycles. The van der Waals surface area contributed by atoms with E-state index in [-0.39, 0.29) is 10.6 Å². The van der Waals surface area contributed by atoms with Gasteiger partial charge in [-0.15, -0.1) is 11.3 Å². The minimum atomic E-state index is -5.66.